The number of carbonyl (C=O) groups is 1. The SMILES string of the molecule is COC(c1nc(-c2cccc(C(=O)O)c2)cs1)C(C)(C)C. The lowest BCUT2D eigenvalue weighted by molar-refractivity contribution is 0.0151. The molecule has 21 heavy (non-hydrogen) atoms. The van der Waals surface area contributed by atoms with Crippen LogP contribution in [0.5, 0.6) is 0 Å². The summed E-state index contributed by atoms with van der Waals surface area (Å²) in [5.74, 6) is -0.934. The smallest absolute Gasteiger partial charge is 0.335 e. The van der Waals surface area contributed by atoms with Crippen LogP contribution in [0, 0.1) is 5.41 Å². The molecule has 0 bridgehead atoms. The maximum absolute atomic E-state index is 11.0. The van der Waals surface area contributed by atoms with Gasteiger partial charge in [0.1, 0.15) is 11.1 Å². The van der Waals surface area contributed by atoms with Gasteiger partial charge in [-0.25, -0.2) is 9.78 Å². The fraction of sp³-hybridized carbons (Fsp3) is 0.375. The van der Waals surface area contributed by atoms with Gasteiger partial charge in [0.05, 0.1) is 11.3 Å². The molecule has 1 aromatic heterocycles. The van der Waals surface area contributed by atoms with Gasteiger partial charge in [0, 0.05) is 18.1 Å². The summed E-state index contributed by atoms with van der Waals surface area (Å²) in [6.45, 7) is 6.31. The molecule has 2 aromatic rings. The van der Waals surface area contributed by atoms with Crippen LogP contribution in [0.1, 0.15) is 42.2 Å². The highest BCUT2D eigenvalue weighted by atomic mass is 32.1. The zero-order valence-corrected chi connectivity index (χ0v) is 13.4. The first kappa shape index (κ1) is 15.7. The van der Waals surface area contributed by atoms with E-state index < -0.39 is 5.97 Å². The van der Waals surface area contributed by atoms with Crippen LogP contribution in [0.25, 0.3) is 11.3 Å². The summed E-state index contributed by atoms with van der Waals surface area (Å²) in [6.07, 6.45) is -0.0843. The fourth-order valence-corrected chi connectivity index (χ4v) is 3.32. The molecule has 0 amide bonds. The Balaban J connectivity index is 2.36. The van der Waals surface area contributed by atoms with Crippen LogP contribution in [0.15, 0.2) is 29.6 Å². The monoisotopic (exact) mass is 305 g/mol. The molecule has 0 aliphatic heterocycles. The maximum atomic E-state index is 11.0. The lowest BCUT2D eigenvalue weighted by Crippen LogP contribution is -2.19. The molecular formula is C16H19NO3S. The molecule has 0 aliphatic carbocycles. The predicted molar refractivity (Wildman–Crippen MR) is 83.7 cm³/mol. The molecular weight excluding hydrogens is 286 g/mol. The molecule has 1 atom stereocenters. The molecule has 0 aliphatic rings. The number of hydrogen-bond donors (Lipinski definition) is 1. The molecule has 2 rings (SSSR count). The van der Waals surface area contributed by atoms with Gasteiger partial charge in [0.25, 0.3) is 0 Å². The van der Waals surface area contributed by atoms with Crippen molar-refractivity contribution in [1.29, 1.82) is 0 Å². The Morgan fingerprint density at radius 1 is 1.38 bits per heavy atom. The van der Waals surface area contributed by atoms with Gasteiger partial charge < -0.3 is 9.84 Å². The Kier molecular flexibility index (Phi) is 4.44. The highest BCUT2D eigenvalue weighted by Gasteiger charge is 2.28. The molecule has 1 heterocycles. The van der Waals surface area contributed by atoms with Gasteiger partial charge in [0.2, 0.25) is 0 Å². The Bertz CT molecular complexity index is 643. The highest BCUT2D eigenvalue weighted by molar-refractivity contribution is 7.10. The number of hydrogen-bond acceptors (Lipinski definition) is 4. The van der Waals surface area contributed by atoms with Crippen molar-refractivity contribution < 1.29 is 14.6 Å². The number of carboxylic acid groups (broad SMARTS) is 1. The van der Waals surface area contributed by atoms with E-state index in [1.165, 1.54) is 11.3 Å². The van der Waals surface area contributed by atoms with E-state index in [0.29, 0.717) is 0 Å². The van der Waals surface area contributed by atoms with Crippen molar-refractivity contribution in [3.8, 4) is 11.3 Å². The van der Waals surface area contributed by atoms with Crippen molar-refractivity contribution in [3.63, 3.8) is 0 Å². The van der Waals surface area contributed by atoms with Gasteiger partial charge in [-0.3, -0.25) is 0 Å². The summed E-state index contributed by atoms with van der Waals surface area (Å²) < 4.78 is 5.57. The first-order valence-electron chi connectivity index (χ1n) is 6.65. The molecule has 4 nitrogen and oxygen atoms in total. The third-order valence-corrected chi connectivity index (χ3v) is 4.06. The minimum Gasteiger partial charge on any atom is -0.478 e. The minimum atomic E-state index is -0.934. The third-order valence-electron chi connectivity index (χ3n) is 3.17. The Labute approximate surface area is 128 Å². The standard InChI is InChI=1S/C16H19NO3S/c1-16(2,3)13(20-4)14-17-12(9-21-14)10-6-5-7-11(8-10)15(18)19/h5-9,13H,1-4H3,(H,18,19). The van der Waals surface area contributed by atoms with Gasteiger partial charge in [-0.1, -0.05) is 32.9 Å². The molecule has 1 N–H and O–H groups in total. The van der Waals surface area contributed by atoms with Crippen molar-refractivity contribution in [2.24, 2.45) is 5.41 Å². The van der Waals surface area contributed by atoms with E-state index in [9.17, 15) is 4.79 Å². The van der Waals surface area contributed by atoms with Crippen LogP contribution >= 0.6 is 11.3 Å². The Morgan fingerprint density at radius 3 is 2.67 bits per heavy atom. The second-order valence-corrected chi connectivity index (χ2v) is 6.83. The van der Waals surface area contributed by atoms with Crippen LogP contribution in [-0.4, -0.2) is 23.2 Å². The van der Waals surface area contributed by atoms with E-state index in [1.807, 2.05) is 11.4 Å². The molecule has 0 spiro atoms. The van der Waals surface area contributed by atoms with E-state index in [0.717, 1.165) is 16.3 Å². The van der Waals surface area contributed by atoms with Gasteiger partial charge in [0.15, 0.2) is 0 Å². The van der Waals surface area contributed by atoms with Crippen molar-refractivity contribution in [2.75, 3.05) is 7.11 Å². The number of methoxy groups -OCH3 is 1. The Morgan fingerprint density at radius 2 is 2.10 bits per heavy atom. The number of nitrogens with zero attached hydrogens (tertiary/aromatic N) is 1. The molecule has 112 valence electrons. The lowest BCUT2D eigenvalue weighted by Gasteiger charge is -2.27. The first-order valence-corrected chi connectivity index (χ1v) is 7.53. The van der Waals surface area contributed by atoms with Crippen LogP contribution in [0.2, 0.25) is 0 Å². The van der Waals surface area contributed by atoms with E-state index in [-0.39, 0.29) is 17.1 Å². The fourth-order valence-electron chi connectivity index (χ4n) is 2.18. The molecule has 0 fully saturated rings. The first-order chi connectivity index (χ1) is 9.82. The number of thiazole rings is 1. The highest BCUT2D eigenvalue weighted by Crippen LogP contribution is 2.38. The predicted octanol–water partition coefficient (Wildman–Crippen LogP) is 4.24. The van der Waals surface area contributed by atoms with E-state index >= 15 is 0 Å². The topological polar surface area (TPSA) is 59.4 Å². The molecule has 1 unspecified atom stereocenters. The average Bonchev–Trinajstić information content (AvgIpc) is 2.87. The largest absolute Gasteiger partial charge is 0.478 e. The summed E-state index contributed by atoms with van der Waals surface area (Å²) in [4.78, 5) is 15.7. The van der Waals surface area contributed by atoms with E-state index in [1.54, 1.807) is 25.3 Å². The summed E-state index contributed by atoms with van der Waals surface area (Å²) >= 11 is 1.53. The minimum absolute atomic E-state index is 0.0488. The second-order valence-electron chi connectivity index (χ2n) is 5.94. The van der Waals surface area contributed by atoms with Crippen molar-refractivity contribution in [1.82, 2.24) is 4.98 Å². The summed E-state index contributed by atoms with van der Waals surface area (Å²) in [5.41, 5.74) is 1.80. The van der Waals surface area contributed by atoms with Crippen molar-refractivity contribution >= 4 is 17.3 Å². The van der Waals surface area contributed by atoms with E-state index in [4.69, 9.17) is 9.84 Å². The van der Waals surface area contributed by atoms with Crippen molar-refractivity contribution in [3.05, 3.63) is 40.2 Å². The van der Waals surface area contributed by atoms with Gasteiger partial charge in [-0.15, -0.1) is 11.3 Å². The summed E-state index contributed by atoms with van der Waals surface area (Å²) in [5, 5.41) is 11.9. The van der Waals surface area contributed by atoms with Crippen LogP contribution in [0.4, 0.5) is 0 Å². The zero-order valence-electron chi connectivity index (χ0n) is 12.6. The molecule has 1 aromatic carbocycles. The van der Waals surface area contributed by atoms with Crippen LogP contribution in [0.3, 0.4) is 0 Å². The quantitative estimate of drug-likeness (QED) is 0.917. The molecule has 0 saturated heterocycles. The number of benzene rings is 1. The Hall–Kier alpha value is -1.72. The molecule has 0 radical (unpaired) electrons. The number of aromatic nitrogens is 1. The van der Waals surface area contributed by atoms with Crippen LogP contribution < -0.4 is 0 Å². The lowest BCUT2D eigenvalue weighted by atomic mass is 9.89. The number of aromatic carboxylic acids is 1. The third kappa shape index (κ3) is 3.49. The zero-order chi connectivity index (χ0) is 15.6. The summed E-state index contributed by atoms with van der Waals surface area (Å²) in [6, 6.07) is 6.81. The van der Waals surface area contributed by atoms with Gasteiger partial charge >= 0.3 is 5.97 Å². The van der Waals surface area contributed by atoms with Crippen molar-refractivity contribution in [2.45, 2.75) is 26.9 Å². The molecule has 0 saturated carbocycles. The normalized spacial score (nSPS) is 13.1. The second kappa shape index (κ2) is 5.95. The van der Waals surface area contributed by atoms with E-state index in [2.05, 4.69) is 25.8 Å². The van der Waals surface area contributed by atoms with Gasteiger partial charge in [-0.2, -0.15) is 0 Å². The number of rotatable bonds is 4. The summed E-state index contributed by atoms with van der Waals surface area (Å²) in [7, 11) is 1.68. The van der Waals surface area contributed by atoms with Crippen LogP contribution in [-0.2, 0) is 4.74 Å². The maximum Gasteiger partial charge on any atom is 0.335 e. The average molecular weight is 305 g/mol. The van der Waals surface area contributed by atoms with Gasteiger partial charge in [-0.05, 0) is 17.5 Å². The number of ether oxygens (including phenoxy) is 1. The number of carboxylic acids is 1. The molecule has 5 heteroatoms.